The number of anilines is 2. The Morgan fingerprint density at radius 2 is 1.81 bits per heavy atom. The molecule has 0 bridgehead atoms. The summed E-state index contributed by atoms with van der Waals surface area (Å²) in [4.78, 5) is 3.44. The van der Waals surface area contributed by atoms with Crippen LogP contribution in [0.4, 0.5) is 11.4 Å². The number of H-pyrrole nitrogens is 1. The fraction of sp³-hybridized carbons (Fsp3) is 0.167. The first-order valence-electron chi connectivity index (χ1n) is 7.01. The lowest BCUT2D eigenvalue weighted by molar-refractivity contribution is -0.354. The van der Waals surface area contributed by atoms with Crippen molar-refractivity contribution < 1.29 is 9.72 Å². The summed E-state index contributed by atoms with van der Waals surface area (Å²) >= 11 is 0. The molecule has 2 N–H and O–H groups in total. The number of hydrogen-bond donors (Lipinski definition) is 1. The van der Waals surface area contributed by atoms with Crippen LogP contribution in [0.3, 0.4) is 0 Å². The predicted molar refractivity (Wildman–Crippen MR) is 86.3 cm³/mol. The minimum Gasteiger partial charge on any atom is -0.497 e. The quantitative estimate of drug-likeness (QED) is 0.786. The van der Waals surface area contributed by atoms with Crippen molar-refractivity contribution in [2.45, 2.75) is 13.8 Å². The van der Waals surface area contributed by atoms with Crippen LogP contribution in [0, 0.1) is 13.8 Å². The molecule has 0 spiro atoms. The molecule has 0 atom stereocenters. The Morgan fingerprint density at radius 1 is 1.00 bits per heavy atom. The Morgan fingerprint density at radius 3 is 2.62 bits per heavy atom. The maximum absolute atomic E-state index is 5.28. The maximum Gasteiger partial charge on any atom is 0.216 e. The van der Waals surface area contributed by atoms with Gasteiger partial charge < -0.3 is 10.1 Å². The lowest BCUT2D eigenvalue weighted by atomic mass is 10.1. The molecule has 3 nitrogen and oxygen atoms in total. The number of fused-ring (bicyclic) bond motifs is 1. The molecule has 3 rings (SSSR count). The van der Waals surface area contributed by atoms with Crippen molar-refractivity contribution in [3.05, 3.63) is 59.8 Å². The van der Waals surface area contributed by atoms with E-state index in [4.69, 9.17) is 4.74 Å². The Balaban J connectivity index is 2.09. The van der Waals surface area contributed by atoms with Crippen LogP contribution in [0.5, 0.6) is 5.75 Å². The van der Waals surface area contributed by atoms with Crippen LogP contribution < -0.4 is 15.0 Å². The second kappa shape index (κ2) is 5.44. The molecule has 2 aromatic carbocycles. The minimum absolute atomic E-state index is 0.847. The van der Waals surface area contributed by atoms with Crippen LogP contribution in [0.15, 0.2) is 48.5 Å². The molecule has 0 saturated heterocycles. The molecule has 3 heteroatoms. The third kappa shape index (κ3) is 2.68. The highest BCUT2D eigenvalue weighted by molar-refractivity contribution is 5.92. The largest absolute Gasteiger partial charge is 0.497 e. The molecule has 1 aromatic heterocycles. The lowest BCUT2D eigenvalue weighted by Crippen LogP contribution is -2.11. The van der Waals surface area contributed by atoms with Crippen molar-refractivity contribution in [3.63, 3.8) is 0 Å². The van der Waals surface area contributed by atoms with Gasteiger partial charge in [0.15, 0.2) is 5.69 Å². The number of aromatic nitrogens is 1. The zero-order chi connectivity index (χ0) is 14.8. The van der Waals surface area contributed by atoms with Crippen LogP contribution in [0.1, 0.15) is 11.3 Å². The molecular formula is C18H19N2O+. The van der Waals surface area contributed by atoms with Gasteiger partial charge in [-0.2, -0.15) is 0 Å². The standard InChI is InChI=1S/C18H18N2O/c1-12-6-4-9-16-17(10-13(2)19-18(12)16)20-14-7-5-8-15(11-14)21-3/h4-11H,1-3H3,(H,19,20)/p+1. The van der Waals surface area contributed by atoms with E-state index in [0.29, 0.717) is 0 Å². The number of ether oxygens (including phenoxy) is 1. The van der Waals surface area contributed by atoms with E-state index in [1.807, 2.05) is 24.3 Å². The molecule has 0 saturated carbocycles. The zero-order valence-corrected chi connectivity index (χ0v) is 12.5. The second-order valence-corrected chi connectivity index (χ2v) is 5.22. The number of aryl methyl sites for hydroxylation is 2. The first-order valence-corrected chi connectivity index (χ1v) is 7.01. The van der Waals surface area contributed by atoms with Crippen molar-refractivity contribution in [2.24, 2.45) is 0 Å². The third-order valence-electron chi connectivity index (χ3n) is 3.59. The SMILES string of the molecule is COc1cccc(Nc2cc(C)[nH+]c3c(C)cccc23)c1. The molecule has 0 radical (unpaired) electrons. The summed E-state index contributed by atoms with van der Waals surface area (Å²) in [6.07, 6.45) is 0. The van der Waals surface area contributed by atoms with Crippen LogP contribution >= 0.6 is 0 Å². The number of aromatic amines is 1. The highest BCUT2D eigenvalue weighted by Crippen LogP contribution is 2.27. The summed E-state index contributed by atoms with van der Waals surface area (Å²) in [5.74, 6) is 0.847. The summed E-state index contributed by atoms with van der Waals surface area (Å²) in [6, 6.07) is 16.4. The topological polar surface area (TPSA) is 35.4 Å². The first kappa shape index (κ1) is 13.4. The van der Waals surface area contributed by atoms with Gasteiger partial charge in [0.05, 0.1) is 18.2 Å². The van der Waals surface area contributed by atoms with Crippen LogP contribution in [0.2, 0.25) is 0 Å². The van der Waals surface area contributed by atoms with Crippen molar-refractivity contribution in [1.29, 1.82) is 0 Å². The monoisotopic (exact) mass is 279 g/mol. The van der Waals surface area contributed by atoms with Gasteiger partial charge in [-0.1, -0.05) is 18.2 Å². The summed E-state index contributed by atoms with van der Waals surface area (Å²) in [7, 11) is 1.68. The molecule has 0 fully saturated rings. The molecule has 0 aliphatic rings. The van der Waals surface area contributed by atoms with Gasteiger partial charge in [0, 0.05) is 30.3 Å². The highest BCUT2D eigenvalue weighted by Gasteiger charge is 2.11. The van der Waals surface area contributed by atoms with E-state index in [2.05, 4.69) is 48.4 Å². The van der Waals surface area contributed by atoms with Crippen molar-refractivity contribution in [3.8, 4) is 5.75 Å². The summed E-state index contributed by atoms with van der Waals surface area (Å²) in [5, 5.41) is 4.67. The van der Waals surface area contributed by atoms with Gasteiger partial charge in [-0.25, -0.2) is 4.98 Å². The van der Waals surface area contributed by atoms with E-state index >= 15 is 0 Å². The normalized spacial score (nSPS) is 10.6. The second-order valence-electron chi connectivity index (χ2n) is 5.22. The Bertz CT molecular complexity index is 796. The fourth-order valence-corrected chi connectivity index (χ4v) is 2.55. The smallest absolute Gasteiger partial charge is 0.216 e. The van der Waals surface area contributed by atoms with Crippen molar-refractivity contribution >= 4 is 22.3 Å². The summed E-state index contributed by atoms with van der Waals surface area (Å²) in [6.45, 7) is 4.19. The number of nitrogens with one attached hydrogen (secondary N) is 2. The van der Waals surface area contributed by atoms with Crippen molar-refractivity contribution in [2.75, 3.05) is 12.4 Å². The van der Waals surface area contributed by atoms with Gasteiger partial charge in [0.25, 0.3) is 0 Å². The average molecular weight is 279 g/mol. The van der Waals surface area contributed by atoms with Gasteiger partial charge in [-0.15, -0.1) is 0 Å². The molecule has 1 heterocycles. The first-order chi connectivity index (χ1) is 10.2. The van der Waals surface area contributed by atoms with Crippen LogP contribution in [0.25, 0.3) is 10.9 Å². The molecule has 3 aromatic rings. The molecule has 0 aliphatic carbocycles. The number of hydrogen-bond acceptors (Lipinski definition) is 2. The van der Waals surface area contributed by atoms with Gasteiger partial charge in [-0.3, -0.25) is 0 Å². The van der Waals surface area contributed by atoms with Gasteiger partial charge in [-0.05, 0) is 25.1 Å². The predicted octanol–water partition coefficient (Wildman–Crippen LogP) is 4.02. The molecule has 0 unspecified atom stereocenters. The maximum atomic E-state index is 5.28. The van der Waals surface area contributed by atoms with E-state index in [-0.39, 0.29) is 0 Å². The summed E-state index contributed by atoms with van der Waals surface area (Å²) < 4.78 is 5.28. The lowest BCUT2D eigenvalue weighted by Gasteiger charge is -2.10. The van der Waals surface area contributed by atoms with Gasteiger partial charge in [0.2, 0.25) is 5.52 Å². The number of pyridine rings is 1. The Kier molecular flexibility index (Phi) is 3.48. The van der Waals surface area contributed by atoms with E-state index in [0.717, 1.165) is 22.8 Å². The number of rotatable bonds is 3. The number of para-hydroxylation sites is 1. The number of methoxy groups -OCH3 is 1. The van der Waals surface area contributed by atoms with Crippen LogP contribution in [-0.2, 0) is 0 Å². The zero-order valence-electron chi connectivity index (χ0n) is 12.5. The van der Waals surface area contributed by atoms with Gasteiger partial charge in [0.1, 0.15) is 5.75 Å². The average Bonchev–Trinajstić information content (AvgIpc) is 2.48. The fourth-order valence-electron chi connectivity index (χ4n) is 2.55. The van der Waals surface area contributed by atoms with E-state index in [9.17, 15) is 0 Å². The van der Waals surface area contributed by atoms with E-state index in [1.165, 1.54) is 16.5 Å². The van der Waals surface area contributed by atoms with Crippen molar-refractivity contribution in [1.82, 2.24) is 0 Å². The molecule has 0 aliphatic heterocycles. The third-order valence-corrected chi connectivity index (χ3v) is 3.59. The molecule has 0 amide bonds. The molecule has 106 valence electrons. The number of benzene rings is 2. The van der Waals surface area contributed by atoms with E-state index < -0.39 is 0 Å². The molecule has 21 heavy (non-hydrogen) atoms. The molecular weight excluding hydrogens is 260 g/mol. The van der Waals surface area contributed by atoms with E-state index in [1.54, 1.807) is 7.11 Å². The Hall–Kier alpha value is -2.55. The summed E-state index contributed by atoms with van der Waals surface area (Å²) in [5.41, 5.74) is 5.65. The van der Waals surface area contributed by atoms with Gasteiger partial charge >= 0.3 is 0 Å². The Labute approximate surface area is 124 Å². The minimum atomic E-state index is 0.847. The highest BCUT2D eigenvalue weighted by atomic mass is 16.5. The van der Waals surface area contributed by atoms with Crippen LogP contribution in [-0.4, -0.2) is 7.11 Å².